The smallest absolute Gasteiger partial charge is 0.136 e. The van der Waals surface area contributed by atoms with Gasteiger partial charge in [-0.1, -0.05) is 15.9 Å². The van der Waals surface area contributed by atoms with Crippen LogP contribution in [0.4, 0.5) is 5.69 Å². The van der Waals surface area contributed by atoms with Crippen molar-refractivity contribution in [3.63, 3.8) is 0 Å². The lowest BCUT2D eigenvalue weighted by atomic mass is 10.2. The Bertz CT molecular complexity index is 243. The van der Waals surface area contributed by atoms with E-state index < -0.39 is 0 Å². The van der Waals surface area contributed by atoms with E-state index in [2.05, 4.69) is 33.5 Å². The SMILES string of the molecule is [Cl-].[Cl-].[NH3+]Cc1cc(Br)ccc1[NH3+]. The summed E-state index contributed by atoms with van der Waals surface area (Å²) in [6.45, 7) is 0.804. The molecule has 12 heavy (non-hydrogen) atoms. The van der Waals surface area contributed by atoms with Crippen molar-refractivity contribution in [1.82, 2.24) is 0 Å². The molecule has 6 N–H and O–H groups in total. The Hall–Kier alpha value is 0.200. The van der Waals surface area contributed by atoms with Gasteiger partial charge in [-0.2, -0.15) is 0 Å². The van der Waals surface area contributed by atoms with E-state index in [4.69, 9.17) is 0 Å². The minimum Gasteiger partial charge on any atom is -1.00 e. The summed E-state index contributed by atoms with van der Waals surface area (Å²) in [4.78, 5) is 0. The summed E-state index contributed by atoms with van der Waals surface area (Å²) in [5, 5.41) is 0. The first-order valence-electron chi connectivity index (χ1n) is 3.13. The Labute approximate surface area is 92.6 Å². The van der Waals surface area contributed by atoms with Gasteiger partial charge in [0, 0.05) is 10.5 Å². The van der Waals surface area contributed by atoms with Gasteiger partial charge in [0.05, 0.1) is 5.56 Å². The summed E-state index contributed by atoms with van der Waals surface area (Å²) in [5.41, 5.74) is 9.94. The second-order valence-electron chi connectivity index (χ2n) is 2.16. The van der Waals surface area contributed by atoms with E-state index >= 15 is 0 Å². The van der Waals surface area contributed by atoms with Crippen LogP contribution >= 0.6 is 15.9 Å². The Morgan fingerprint density at radius 1 is 1.25 bits per heavy atom. The summed E-state index contributed by atoms with van der Waals surface area (Å²) in [7, 11) is 0. The van der Waals surface area contributed by atoms with Crippen molar-refractivity contribution in [2.24, 2.45) is 0 Å². The molecule has 0 saturated heterocycles. The fourth-order valence-electron chi connectivity index (χ4n) is 0.827. The molecule has 0 radical (unpaired) electrons. The lowest BCUT2D eigenvalue weighted by Gasteiger charge is -1.96. The van der Waals surface area contributed by atoms with Crippen molar-refractivity contribution in [3.8, 4) is 0 Å². The van der Waals surface area contributed by atoms with Gasteiger partial charge in [-0.15, -0.1) is 0 Å². The quantitative estimate of drug-likeness (QED) is 0.512. The van der Waals surface area contributed by atoms with Crippen LogP contribution in [-0.4, -0.2) is 0 Å². The van der Waals surface area contributed by atoms with Gasteiger partial charge in [-0.3, -0.25) is 0 Å². The van der Waals surface area contributed by atoms with E-state index in [-0.39, 0.29) is 24.8 Å². The highest BCUT2D eigenvalue weighted by Gasteiger charge is 2.00. The molecule has 5 heteroatoms. The zero-order valence-corrected chi connectivity index (χ0v) is 9.59. The Balaban J connectivity index is 0. The number of quaternary nitrogens is 2. The van der Waals surface area contributed by atoms with Crippen LogP contribution in [0, 0.1) is 0 Å². The third-order valence-electron chi connectivity index (χ3n) is 1.44. The summed E-state index contributed by atoms with van der Waals surface area (Å²) in [6, 6.07) is 6.03. The maximum atomic E-state index is 3.87. The number of benzene rings is 1. The molecule has 0 amide bonds. The largest absolute Gasteiger partial charge is 1.00 e. The minimum atomic E-state index is 0. The molecular weight excluding hydrogens is 263 g/mol. The van der Waals surface area contributed by atoms with Crippen molar-refractivity contribution in [3.05, 3.63) is 28.2 Å². The topological polar surface area (TPSA) is 55.3 Å². The Morgan fingerprint density at radius 2 is 1.83 bits per heavy atom. The normalized spacial score (nSPS) is 8.25. The Morgan fingerprint density at radius 3 is 2.25 bits per heavy atom. The van der Waals surface area contributed by atoms with Crippen molar-refractivity contribution >= 4 is 21.6 Å². The van der Waals surface area contributed by atoms with Gasteiger partial charge in [0.2, 0.25) is 0 Å². The molecule has 1 aromatic rings. The first kappa shape index (κ1) is 14.7. The van der Waals surface area contributed by atoms with Gasteiger partial charge < -0.3 is 36.3 Å². The molecule has 0 aromatic heterocycles. The molecule has 1 aromatic carbocycles. The van der Waals surface area contributed by atoms with Crippen LogP contribution in [0.15, 0.2) is 22.7 Å². The molecule has 0 aliphatic carbocycles. The van der Waals surface area contributed by atoms with E-state index in [1.807, 2.05) is 12.1 Å². The van der Waals surface area contributed by atoms with Crippen LogP contribution < -0.4 is 36.3 Å². The van der Waals surface area contributed by atoms with Crippen molar-refractivity contribution in [2.75, 3.05) is 0 Å². The fourth-order valence-corrected chi connectivity index (χ4v) is 1.24. The van der Waals surface area contributed by atoms with Gasteiger partial charge in [0.1, 0.15) is 12.2 Å². The molecule has 1 rings (SSSR count). The summed E-state index contributed by atoms with van der Waals surface area (Å²) >= 11 is 3.38. The third kappa shape index (κ3) is 3.74. The predicted molar refractivity (Wildman–Crippen MR) is 43.3 cm³/mol. The molecule has 0 aliphatic rings. The highest BCUT2D eigenvalue weighted by Crippen LogP contribution is 2.15. The molecule has 70 valence electrons. The molecule has 0 saturated carbocycles. The van der Waals surface area contributed by atoms with E-state index in [0.29, 0.717) is 0 Å². The average molecular weight is 274 g/mol. The van der Waals surface area contributed by atoms with Crippen LogP contribution in [0.25, 0.3) is 0 Å². The van der Waals surface area contributed by atoms with Crippen LogP contribution in [-0.2, 0) is 6.54 Å². The molecule has 0 atom stereocenters. The zero-order chi connectivity index (χ0) is 7.56. The second kappa shape index (κ2) is 6.69. The van der Waals surface area contributed by atoms with Gasteiger partial charge >= 0.3 is 0 Å². The molecule has 0 heterocycles. The first-order chi connectivity index (χ1) is 4.74. The van der Waals surface area contributed by atoms with E-state index in [1.165, 1.54) is 5.56 Å². The number of rotatable bonds is 1. The molecule has 2 nitrogen and oxygen atoms in total. The van der Waals surface area contributed by atoms with E-state index in [9.17, 15) is 0 Å². The molecule has 0 spiro atoms. The van der Waals surface area contributed by atoms with Crippen molar-refractivity contribution < 1.29 is 36.3 Å². The van der Waals surface area contributed by atoms with E-state index in [0.717, 1.165) is 16.7 Å². The maximum Gasteiger partial charge on any atom is 0.136 e. The lowest BCUT2D eigenvalue weighted by Crippen LogP contribution is -3.00. The zero-order valence-electron chi connectivity index (χ0n) is 6.49. The maximum absolute atomic E-state index is 3.87. The highest BCUT2D eigenvalue weighted by molar-refractivity contribution is 9.10. The fraction of sp³-hybridized carbons (Fsp3) is 0.143. The Kier molecular flexibility index (Phi) is 8.20. The van der Waals surface area contributed by atoms with Gasteiger partial charge in [-0.05, 0) is 12.1 Å². The van der Waals surface area contributed by atoms with Crippen molar-refractivity contribution in [2.45, 2.75) is 6.54 Å². The highest BCUT2D eigenvalue weighted by atomic mass is 79.9. The summed E-state index contributed by atoms with van der Waals surface area (Å²) in [6.07, 6.45) is 0. The molecular formula is C7H11BrCl2N2. The molecule has 0 fully saturated rings. The van der Waals surface area contributed by atoms with Crippen LogP contribution in [0.5, 0.6) is 0 Å². The molecule has 0 aliphatic heterocycles. The van der Waals surface area contributed by atoms with Crippen LogP contribution in [0.1, 0.15) is 5.56 Å². The standard InChI is InChI=1S/C7H9BrN2.2ClH/c8-6-1-2-7(10)5(3-6)4-9;;/h1-3H,4,9-10H2;2*1H. The number of hydrogen-bond acceptors (Lipinski definition) is 0. The van der Waals surface area contributed by atoms with E-state index in [1.54, 1.807) is 0 Å². The predicted octanol–water partition coefficient (Wildman–Crippen LogP) is -5.93. The first-order valence-corrected chi connectivity index (χ1v) is 3.93. The van der Waals surface area contributed by atoms with Crippen LogP contribution in [0.2, 0.25) is 0 Å². The minimum absolute atomic E-state index is 0. The number of hydrogen-bond donors (Lipinski definition) is 2. The van der Waals surface area contributed by atoms with Gasteiger partial charge in [0.25, 0.3) is 0 Å². The lowest BCUT2D eigenvalue weighted by molar-refractivity contribution is -0.388. The third-order valence-corrected chi connectivity index (χ3v) is 1.93. The monoisotopic (exact) mass is 272 g/mol. The summed E-state index contributed by atoms with van der Waals surface area (Å²) < 4.78 is 1.10. The number of halogens is 3. The van der Waals surface area contributed by atoms with Gasteiger partial charge in [0.15, 0.2) is 0 Å². The van der Waals surface area contributed by atoms with Crippen LogP contribution in [0.3, 0.4) is 0 Å². The molecule has 0 unspecified atom stereocenters. The molecule has 0 bridgehead atoms. The summed E-state index contributed by atoms with van der Waals surface area (Å²) in [5.74, 6) is 0. The van der Waals surface area contributed by atoms with Crippen molar-refractivity contribution in [1.29, 1.82) is 0 Å². The second-order valence-corrected chi connectivity index (χ2v) is 3.08. The average Bonchev–Trinajstić information content (AvgIpc) is 1.94. The van der Waals surface area contributed by atoms with Gasteiger partial charge in [-0.25, -0.2) is 0 Å².